The second kappa shape index (κ2) is 9.58. The van der Waals surface area contributed by atoms with Crippen LogP contribution in [0.4, 0.5) is 5.69 Å². The second-order valence-corrected chi connectivity index (χ2v) is 8.85. The quantitative estimate of drug-likeness (QED) is 0.554. The molecule has 0 unspecified atom stereocenters. The van der Waals surface area contributed by atoms with Gasteiger partial charge in [0, 0.05) is 6.54 Å². The van der Waals surface area contributed by atoms with Crippen molar-refractivity contribution in [3.8, 4) is 11.5 Å². The van der Waals surface area contributed by atoms with Crippen LogP contribution in [-0.4, -0.2) is 34.2 Å². The van der Waals surface area contributed by atoms with Crippen LogP contribution in [0, 0.1) is 12.8 Å². The monoisotopic (exact) mass is 444 g/mol. The van der Waals surface area contributed by atoms with Crippen molar-refractivity contribution >= 4 is 46.2 Å². The van der Waals surface area contributed by atoms with Crippen LogP contribution in [0.1, 0.15) is 31.9 Å². The summed E-state index contributed by atoms with van der Waals surface area (Å²) in [5, 5.41) is 10.9. The number of hydrogen-bond donors (Lipinski definition) is 1. The lowest BCUT2D eigenvalue weighted by atomic mass is 10.1. The fourth-order valence-electron chi connectivity index (χ4n) is 2.94. The number of aryl methyl sites for hydroxylation is 1. The summed E-state index contributed by atoms with van der Waals surface area (Å²) in [5.41, 5.74) is 2.64. The molecule has 0 atom stereocenters. The molecule has 0 spiro atoms. The zero-order valence-electron chi connectivity index (χ0n) is 17.5. The third-order valence-corrected chi connectivity index (χ3v) is 5.64. The number of halogens is 1. The molecule has 0 aromatic heterocycles. The highest BCUT2D eigenvalue weighted by Crippen LogP contribution is 2.39. The molecule has 0 radical (unpaired) electrons. The number of aromatic hydroxyl groups is 1. The van der Waals surface area contributed by atoms with Gasteiger partial charge in [-0.05, 0) is 67.4 Å². The SMILES string of the molecule is CCOc1cc(/C=C2/SC(=Nc3ccc(C)cc3)N(CC(C)C)C2=O)cc(Cl)c1O. The molecule has 1 aliphatic rings. The van der Waals surface area contributed by atoms with E-state index in [1.807, 2.05) is 38.1 Å². The maximum Gasteiger partial charge on any atom is 0.266 e. The number of phenols is 1. The van der Waals surface area contributed by atoms with Gasteiger partial charge in [0.2, 0.25) is 0 Å². The first-order valence-electron chi connectivity index (χ1n) is 9.80. The number of carbonyl (C=O) groups is 1. The summed E-state index contributed by atoms with van der Waals surface area (Å²) >= 11 is 7.47. The molecule has 2 aromatic carbocycles. The highest BCUT2D eigenvalue weighted by Gasteiger charge is 2.33. The predicted molar refractivity (Wildman–Crippen MR) is 125 cm³/mol. The summed E-state index contributed by atoms with van der Waals surface area (Å²) in [6.45, 7) is 8.96. The number of amides is 1. The van der Waals surface area contributed by atoms with Crippen LogP contribution in [0.15, 0.2) is 46.3 Å². The standard InChI is InChI=1S/C23H25ClN2O3S/c1-5-29-19-11-16(10-18(24)21(19)27)12-20-22(28)26(13-14(2)3)23(30-20)25-17-8-6-15(4)7-9-17/h6-12,14,27H,5,13H2,1-4H3/b20-12+,25-23?. The summed E-state index contributed by atoms with van der Waals surface area (Å²) in [4.78, 5) is 20.1. The highest BCUT2D eigenvalue weighted by atomic mass is 35.5. The van der Waals surface area contributed by atoms with Crippen LogP contribution in [-0.2, 0) is 4.79 Å². The van der Waals surface area contributed by atoms with Crippen LogP contribution in [0.2, 0.25) is 5.02 Å². The lowest BCUT2D eigenvalue weighted by Gasteiger charge is -2.17. The van der Waals surface area contributed by atoms with E-state index in [1.54, 1.807) is 23.1 Å². The van der Waals surface area contributed by atoms with E-state index >= 15 is 0 Å². The molecule has 158 valence electrons. The Bertz CT molecular complexity index is 1000. The van der Waals surface area contributed by atoms with Gasteiger partial charge in [-0.1, -0.05) is 43.1 Å². The molecule has 1 amide bonds. The number of aliphatic imine (C=N–C) groups is 1. The number of ether oxygens (including phenoxy) is 1. The lowest BCUT2D eigenvalue weighted by molar-refractivity contribution is -0.122. The van der Waals surface area contributed by atoms with Crippen molar-refractivity contribution in [2.24, 2.45) is 10.9 Å². The van der Waals surface area contributed by atoms with E-state index < -0.39 is 0 Å². The minimum Gasteiger partial charge on any atom is -0.503 e. The smallest absolute Gasteiger partial charge is 0.266 e. The van der Waals surface area contributed by atoms with Crippen LogP contribution in [0.3, 0.4) is 0 Å². The Morgan fingerprint density at radius 2 is 1.97 bits per heavy atom. The van der Waals surface area contributed by atoms with Gasteiger partial charge in [0.1, 0.15) is 0 Å². The molecule has 1 aliphatic heterocycles. The fourth-order valence-corrected chi connectivity index (χ4v) is 4.17. The molecule has 7 heteroatoms. The van der Waals surface area contributed by atoms with Gasteiger partial charge >= 0.3 is 0 Å². The molecule has 3 rings (SSSR count). The van der Waals surface area contributed by atoms with Gasteiger partial charge < -0.3 is 9.84 Å². The van der Waals surface area contributed by atoms with Gasteiger partial charge in [-0.25, -0.2) is 4.99 Å². The van der Waals surface area contributed by atoms with E-state index in [9.17, 15) is 9.90 Å². The molecule has 1 heterocycles. The topological polar surface area (TPSA) is 62.1 Å². The molecule has 1 N–H and O–H groups in total. The van der Waals surface area contributed by atoms with E-state index in [2.05, 4.69) is 13.8 Å². The minimum absolute atomic E-state index is 0.0956. The number of benzene rings is 2. The molecule has 0 saturated carbocycles. The van der Waals surface area contributed by atoms with Gasteiger partial charge in [0.15, 0.2) is 16.7 Å². The first kappa shape index (κ1) is 22.2. The van der Waals surface area contributed by atoms with Gasteiger partial charge in [0.05, 0.1) is 22.2 Å². The molecule has 1 fully saturated rings. The number of rotatable bonds is 6. The van der Waals surface area contributed by atoms with E-state index in [0.717, 1.165) is 11.3 Å². The van der Waals surface area contributed by atoms with Crippen LogP contribution >= 0.6 is 23.4 Å². The first-order valence-corrected chi connectivity index (χ1v) is 11.0. The number of amidine groups is 1. The van der Waals surface area contributed by atoms with Gasteiger partial charge in [-0.15, -0.1) is 0 Å². The maximum atomic E-state index is 13.1. The van der Waals surface area contributed by atoms with Gasteiger partial charge in [0.25, 0.3) is 5.91 Å². The summed E-state index contributed by atoms with van der Waals surface area (Å²) in [6, 6.07) is 11.2. The molecule has 30 heavy (non-hydrogen) atoms. The number of carbonyl (C=O) groups excluding carboxylic acids is 1. The van der Waals surface area contributed by atoms with Crippen molar-refractivity contribution in [2.75, 3.05) is 13.2 Å². The van der Waals surface area contributed by atoms with Crippen LogP contribution in [0.25, 0.3) is 6.08 Å². The molecule has 2 aromatic rings. The first-order chi connectivity index (χ1) is 14.3. The largest absolute Gasteiger partial charge is 0.503 e. The highest BCUT2D eigenvalue weighted by molar-refractivity contribution is 8.18. The fraction of sp³-hybridized carbons (Fsp3) is 0.304. The molecule has 0 bridgehead atoms. The van der Waals surface area contributed by atoms with E-state index in [-0.39, 0.29) is 16.7 Å². The third kappa shape index (κ3) is 5.18. The molecule has 1 saturated heterocycles. The average molecular weight is 445 g/mol. The van der Waals surface area contributed by atoms with Crippen LogP contribution in [0.5, 0.6) is 11.5 Å². The van der Waals surface area contributed by atoms with Gasteiger partial charge in [-0.2, -0.15) is 0 Å². The normalized spacial score (nSPS) is 16.9. The van der Waals surface area contributed by atoms with Crippen molar-refractivity contribution in [2.45, 2.75) is 27.7 Å². The van der Waals surface area contributed by atoms with E-state index in [0.29, 0.717) is 40.5 Å². The number of hydrogen-bond acceptors (Lipinski definition) is 5. The van der Waals surface area contributed by atoms with Gasteiger partial charge in [-0.3, -0.25) is 9.69 Å². The van der Waals surface area contributed by atoms with E-state index in [1.165, 1.54) is 11.8 Å². The predicted octanol–water partition coefficient (Wildman–Crippen LogP) is 6.01. The Morgan fingerprint density at radius 3 is 2.60 bits per heavy atom. The van der Waals surface area contributed by atoms with Crippen molar-refractivity contribution in [3.63, 3.8) is 0 Å². The molecule has 0 aliphatic carbocycles. The third-order valence-electron chi connectivity index (χ3n) is 4.34. The van der Waals surface area contributed by atoms with Crippen LogP contribution < -0.4 is 4.74 Å². The van der Waals surface area contributed by atoms with Crippen molar-refractivity contribution < 1.29 is 14.6 Å². The minimum atomic E-state index is -0.103. The number of phenolic OH excluding ortho intramolecular Hbond substituents is 1. The Morgan fingerprint density at radius 1 is 1.27 bits per heavy atom. The Balaban J connectivity index is 1.98. The summed E-state index contributed by atoms with van der Waals surface area (Å²) in [5.74, 6) is 0.389. The van der Waals surface area contributed by atoms with Crippen molar-refractivity contribution in [1.82, 2.24) is 4.90 Å². The maximum absolute atomic E-state index is 13.1. The number of nitrogens with zero attached hydrogens (tertiary/aromatic N) is 2. The summed E-state index contributed by atoms with van der Waals surface area (Å²) in [7, 11) is 0. The zero-order chi connectivity index (χ0) is 21.8. The second-order valence-electron chi connectivity index (χ2n) is 7.43. The summed E-state index contributed by atoms with van der Waals surface area (Å²) < 4.78 is 5.44. The molecular formula is C23H25ClN2O3S. The Hall–Kier alpha value is -2.44. The molecular weight excluding hydrogens is 420 g/mol. The molecule has 5 nitrogen and oxygen atoms in total. The van der Waals surface area contributed by atoms with Crippen molar-refractivity contribution in [1.29, 1.82) is 0 Å². The van der Waals surface area contributed by atoms with E-state index in [4.69, 9.17) is 21.3 Å². The van der Waals surface area contributed by atoms with Crippen molar-refractivity contribution in [3.05, 3.63) is 57.5 Å². The Labute approximate surface area is 186 Å². The lowest BCUT2D eigenvalue weighted by Crippen LogP contribution is -2.32. The summed E-state index contributed by atoms with van der Waals surface area (Å²) in [6.07, 6.45) is 1.76. The zero-order valence-corrected chi connectivity index (χ0v) is 19.0. The average Bonchev–Trinajstić information content (AvgIpc) is 2.96. The Kier molecular flexibility index (Phi) is 7.10. The number of thioether (sulfide) groups is 1.